The molecule has 1 saturated heterocycles. The molecule has 0 aliphatic carbocycles. The van der Waals surface area contributed by atoms with Crippen molar-refractivity contribution in [2.75, 3.05) is 6.54 Å². The van der Waals surface area contributed by atoms with Crippen molar-refractivity contribution in [2.45, 2.75) is 31.9 Å². The summed E-state index contributed by atoms with van der Waals surface area (Å²) in [7, 11) is 0. The van der Waals surface area contributed by atoms with Gasteiger partial charge in [-0.05, 0) is 30.9 Å². The molecule has 2 atom stereocenters. The third kappa shape index (κ3) is 5.46. The van der Waals surface area contributed by atoms with Gasteiger partial charge in [0.05, 0.1) is 6.04 Å². The number of benzene rings is 3. The molecule has 0 spiro atoms. The van der Waals surface area contributed by atoms with E-state index in [1.54, 1.807) is 0 Å². The molecule has 1 heterocycles. The minimum atomic E-state index is -0.200. The number of nitrogens with zero attached hydrogens (tertiary/aromatic N) is 1. The van der Waals surface area contributed by atoms with E-state index in [4.69, 9.17) is 4.74 Å². The maximum absolute atomic E-state index is 12.1. The average molecular weight is 373 g/mol. The summed E-state index contributed by atoms with van der Waals surface area (Å²) in [6, 6.07) is 32.4. The summed E-state index contributed by atoms with van der Waals surface area (Å²) < 4.78 is 5.56. The fourth-order valence-electron chi connectivity index (χ4n) is 3.37. The van der Waals surface area contributed by atoms with Crippen LogP contribution < -0.4 is 0 Å². The van der Waals surface area contributed by atoms with Gasteiger partial charge in [-0.3, -0.25) is 0 Å². The molecule has 3 nitrogen and oxygen atoms in total. The zero-order chi connectivity index (χ0) is 19.6. The molecule has 3 aromatic carbocycles. The molecule has 1 aliphatic heterocycles. The summed E-state index contributed by atoms with van der Waals surface area (Å²) in [5, 5.41) is 0. The van der Waals surface area contributed by atoms with E-state index >= 15 is 0 Å². The largest absolute Gasteiger partial charge is 0.439 e. The van der Waals surface area contributed by atoms with Crippen molar-refractivity contribution in [3.63, 3.8) is 0 Å². The summed E-state index contributed by atoms with van der Waals surface area (Å²) in [6.07, 6.45) is 1.57. The van der Waals surface area contributed by atoms with Gasteiger partial charge in [-0.25, -0.2) is 4.79 Å². The first-order chi connectivity index (χ1) is 13.8. The first kappa shape index (κ1) is 19.7. The summed E-state index contributed by atoms with van der Waals surface area (Å²) in [5.41, 5.74) is 2.37. The van der Waals surface area contributed by atoms with Crippen LogP contribution in [-0.4, -0.2) is 23.6 Å². The third-order valence-corrected chi connectivity index (χ3v) is 4.89. The SMILES string of the molecule is C[C@@H]1[C@@H](c2ccccc2)OC(=O)N1CCCc1ccccc1.c1ccccc1. The molecule has 0 bridgehead atoms. The number of rotatable bonds is 5. The molecule has 0 N–H and O–H groups in total. The van der Waals surface area contributed by atoms with Crippen LogP contribution in [0.4, 0.5) is 4.79 Å². The number of hydrogen-bond acceptors (Lipinski definition) is 2. The van der Waals surface area contributed by atoms with E-state index in [-0.39, 0.29) is 18.2 Å². The summed E-state index contributed by atoms with van der Waals surface area (Å²) in [6.45, 7) is 2.79. The van der Waals surface area contributed by atoms with Crippen LogP contribution in [0.15, 0.2) is 97.1 Å². The lowest BCUT2D eigenvalue weighted by Crippen LogP contribution is -2.33. The van der Waals surface area contributed by atoms with E-state index in [1.165, 1.54) is 5.56 Å². The Labute approximate surface area is 167 Å². The van der Waals surface area contributed by atoms with Crippen molar-refractivity contribution >= 4 is 6.09 Å². The molecule has 0 aromatic heterocycles. The standard InChI is InChI=1S/C19H21NO2.C6H6/c1-15-18(17-12-6-3-7-13-17)22-19(21)20(15)14-8-11-16-9-4-2-5-10-16;1-2-4-6-5-3-1/h2-7,9-10,12-13,15,18H,8,11,14H2,1H3;1-6H/t15-,18+;/m1./s1. The molecule has 144 valence electrons. The van der Waals surface area contributed by atoms with E-state index in [0.29, 0.717) is 0 Å². The lowest BCUT2D eigenvalue weighted by molar-refractivity contribution is 0.130. The highest BCUT2D eigenvalue weighted by atomic mass is 16.6. The molecule has 4 rings (SSSR count). The Morgan fingerprint density at radius 3 is 1.86 bits per heavy atom. The molecule has 28 heavy (non-hydrogen) atoms. The molecule has 1 amide bonds. The van der Waals surface area contributed by atoms with Gasteiger partial charge >= 0.3 is 6.09 Å². The van der Waals surface area contributed by atoms with Gasteiger partial charge in [0.15, 0.2) is 0 Å². The lowest BCUT2D eigenvalue weighted by Gasteiger charge is -2.20. The predicted molar refractivity (Wildman–Crippen MR) is 113 cm³/mol. The zero-order valence-electron chi connectivity index (χ0n) is 16.3. The van der Waals surface area contributed by atoms with Gasteiger partial charge in [0.1, 0.15) is 6.10 Å². The monoisotopic (exact) mass is 373 g/mol. The van der Waals surface area contributed by atoms with Crippen LogP contribution in [0.1, 0.15) is 30.6 Å². The minimum absolute atomic E-state index is 0.0747. The average Bonchev–Trinajstić information content (AvgIpc) is 3.05. The van der Waals surface area contributed by atoms with Gasteiger partial charge in [0.25, 0.3) is 0 Å². The van der Waals surface area contributed by atoms with Gasteiger partial charge < -0.3 is 9.64 Å². The first-order valence-electron chi connectivity index (χ1n) is 9.82. The van der Waals surface area contributed by atoms with Crippen LogP contribution in [0, 0.1) is 0 Å². The maximum atomic E-state index is 12.1. The van der Waals surface area contributed by atoms with Crippen molar-refractivity contribution in [1.29, 1.82) is 0 Å². The van der Waals surface area contributed by atoms with Crippen molar-refractivity contribution in [3.05, 3.63) is 108 Å². The Hall–Kier alpha value is -3.07. The van der Waals surface area contributed by atoms with Gasteiger partial charge in [0.2, 0.25) is 0 Å². The minimum Gasteiger partial charge on any atom is -0.439 e. The second-order valence-corrected chi connectivity index (χ2v) is 6.89. The fourth-order valence-corrected chi connectivity index (χ4v) is 3.37. The topological polar surface area (TPSA) is 29.5 Å². The molecular weight excluding hydrogens is 346 g/mol. The fraction of sp³-hybridized carbons (Fsp3) is 0.240. The summed E-state index contributed by atoms with van der Waals surface area (Å²) in [4.78, 5) is 14.0. The van der Waals surface area contributed by atoms with Crippen molar-refractivity contribution in [3.8, 4) is 0 Å². The molecule has 0 saturated carbocycles. The molecule has 1 fully saturated rings. The smallest absolute Gasteiger partial charge is 0.410 e. The van der Waals surface area contributed by atoms with Gasteiger partial charge in [0, 0.05) is 6.54 Å². The van der Waals surface area contributed by atoms with E-state index in [0.717, 1.165) is 24.9 Å². The molecular formula is C25H27NO2. The molecule has 0 unspecified atom stereocenters. The van der Waals surface area contributed by atoms with Gasteiger partial charge in [-0.2, -0.15) is 0 Å². The number of amides is 1. The van der Waals surface area contributed by atoms with E-state index in [1.807, 2.05) is 89.8 Å². The number of carbonyl (C=O) groups excluding carboxylic acids is 1. The maximum Gasteiger partial charge on any atom is 0.410 e. The summed E-state index contributed by atoms with van der Waals surface area (Å²) >= 11 is 0. The second kappa shape index (κ2) is 10.3. The Kier molecular flexibility index (Phi) is 7.25. The number of ether oxygens (including phenoxy) is 1. The summed E-state index contributed by atoms with van der Waals surface area (Å²) in [5.74, 6) is 0. The van der Waals surface area contributed by atoms with Crippen LogP contribution in [0.25, 0.3) is 0 Å². The number of aryl methyl sites for hydroxylation is 1. The third-order valence-electron chi connectivity index (χ3n) is 4.89. The van der Waals surface area contributed by atoms with E-state index < -0.39 is 0 Å². The van der Waals surface area contributed by atoms with Crippen molar-refractivity contribution in [2.24, 2.45) is 0 Å². The second-order valence-electron chi connectivity index (χ2n) is 6.89. The Morgan fingerprint density at radius 1 is 0.786 bits per heavy atom. The van der Waals surface area contributed by atoms with Crippen LogP contribution in [0.2, 0.25) is 0 Å². The Morgan fingerprint density at radius 2 is 1.29 bits per heavy atom. The lowest BCUT2D eigenvalue weighted by atomic mass is 10.0. The number of carbonyl (C=O) groups is 1. The van der Waals surface area contributed by atoms with Gasteiger partial charge in [-0.1, -0.05) is 97.1 Å². The quantitative estimate of drug-likeness (QED) is 0.558. The number of hydrogen-bond donors (Lipinski definition) is 0. The van der Waals surface area contributed by atoms with Crippen LogP contribution >= 0.6 is 0 Å². The van der Waals surface area contributed by atoms with Crippen molar-refractivity contribution in [1.82, 2.24) is 4.90 Å². The molecule has 3 aromatic rings. The molecule has 1 aliphatic rings. The normalized spacial score (nSPS) is 18.2. The Bertz CT molecular complexity index is 794. The van der Waals surface area contributed by atoms with E-state index in [9.17, 15) is 4.79 Å². The zero-order valence-corrected chi connectivity index (χ0v) is 16.3. The molecule has 3 heteroatoms. The highest BCUT2D eigenvalue weighted by Gasteiger charge is 2.38. The molecule has 0 radical (unpaired) electrons. The predicted octanol–water partition coefficient (Wildman–Crippen LogP) is 5.89. The highest BCUT2D eigenvalue weighted by molar-refractivity contribution is 5.71. The van der Waals surface area contributed by atoms with Crippen LogP contribution in [0.5, 0.6) is 0 Å². The van der Waals surface area contributed by atoms with Gasteiger partial charge in [-0.15, -0.1) is 0 Å². The van der Waals surface area contributed by atoms with Crippen LogP contribution in [-0.2, 0) is 11.2 Å². The van der Waals surface area contributed by atoms with Crippen molar-refractivity contribution < 1.29 is 9.53 Å². The first-order valence-corrected chi connectivity index (χ1v) is 9.82. The number of cyclic esters (lactones) is 1. The van der Waals surface area contributed by atoms with Crippen LogP contribution in [0.3, 0.4) is 0 Å². The highest BCUT2D eigenvalue weighted by Crippen LogP contribution is 2.32. The van der Waals surface area contributed by atoms with E-state index in [2.05, 4.69) is 19.1 Å². The Balaban J connectivity index is 0.000000320.